The van der Waals surface area contributed by atoms with Crippen LogP contribution in [0.3, 0.4) is 0 Å². The molecule has 3 rings (SSSR count). The van der Waals surface area contributed by atoms with Gasteiger partial charge in [-0.15, -0.1) is 12.4 Å². The number of ether oxygens (including phenoxy) is 1. The molecule has 0 bridgehead atoms. The van der Waals surface area contributed by atoms with Crippen LogP contribution >= 0.6 is 23.7 Å². The molecular weight excluding hydrogens is 362 g/mol. The smallest absolute Gasteiger partial charge is 0.247 e. The lowest BCUT2D eigenvalue weighted by Crippen LogP contribution is -2.30. The second-order valence-corrected chi connectivity index (χ2v) is 6.27. The van der Waals surface area contributed by atoms with Gasteiger partial charge in [-0.3, -0.25) is 9.48 Å². The molecule has 0 aliphatic heterocycles. The second kappa shape index (κ2) is 8.28. The summed E-state index contributed by atoms with van der Waals surface area (Å²) in [7, 11) is 3.56. The van der Waals surface area contributed by atoms with Crippen molar-refractivity contribution < 1.29 is 9.53 Å². The Balaban J connectivity index is 0.00000225. The number of thiazole rings is 1. The van der Waals surface area contributed by atoms with Crippen LogP contribution in [0.2, 0.25) is 0 Å². The lowest BCUT2D eigenvalue weighted by atomic mass is 10.1. The average molecular weight is 382 g/mol. The Morgan fingerprint density at radius 3 is 2.88 bits per heavy atom. The molecule has 0 fully saturated rings. The highest BCUT2D eigenvalue weighted by molar-refractivity contribution is 7.22. The Hall–Kier alpha value is -2.16. The van der Waals surface area contributed by atoms with Gasteiger partial charge in [-0.1, -0.05) is 11.3 Å². The number of carbonyl (C=O) groups excluding carboxylic acids is 1. The van der Waals surface area contributed by atoms with Gasteiger partial charge >= 0.3 is 0 Å². The number of fused-ring (bicyclic) bond motifs is 1. The molecule has 1 atom stereocenters. The Labute approximate surface area is 155 Å². The quantitative estimate of drug-likeness (QED) is 0.686. The Bertz CT molecular complexity index is 863. The fourth-order valence-electron chi connectivity index (χ4n) is 2.43. The topological polar surface area (TPSA) is 81.1 Å². The number of anilines is 1. The van der Waals surface area contributed by atoms with E-state index in [-0.39, 0.29) is 18.3 Å². The molecule has 0 spiro atoms. The molecule has 0 saturated heterocycles. The molecule has 7 nitrogen and oxygen atoms in total. The van der Waals surface area contributed by atoms with E-state index in [1.807, 2.05) is 38.4 Å². The minimum Gasteiger partial charge on any atom is -0.494 e. The first-order chi connectivity index (χ1) is 11.6. The molecule has 1 aromatic carbocycles. The van der Waals surface area contributed by atoms with Crippen LogP contribution in [0.4, 0.5) is 5.13 Å². The number of rotatable bonds is 6. The second-order valence-electron chi connectivity index (χ2n) is 5.24. The zero-order chi connectivity index (χ0) is 17.1. The zero-order valence-electron chi connectivity index (χ0n) is 14.1. The molecular formula is C16H20ClN5O2S. The number of benzene rings is 1. The number of aryl methyl sites for hydroxylation is 1. The van der Waals surface area contributed by atoms with Gasteiger partial charge in [0.05, 0.1) is 23.0 Å². The van der Waals surface area contributed by atoms with Crippen molar-refractivity contribution in [2.24, 2.45) is 7.05 Å². The highest BCUT2D eigenvalue weighted by Crippen LogP contribution is 2.29. The number of hydrogen-bond donors (Lipinski definition) is 2. The van der Waals surface area contributed by atoms with Gasteiger partial charge in [0, 0.05) is 18.8 Å². The molecule has 2 aromatic heterocycles. The van der Waals surface area contributed by atoms with E-state index in [0.717, 1.165) is 21.5 Å². The van der Waals surface area contributed by atoms with Gasteiger partial charge in [-0.05, 0) is 32.2 Å². The normalized spacial score (nSPS) is 11.8. The van der Waals surface area contributed by atoms with Gasteiger partial charge in [0.25, 0.3) is 0 Å². The molecule has 2 N–H and O–H groups in total. The Morgan fingerprint density at radius 2 is 2.24 bits per heavy atom. The van der Waals surface area contributed by atoms with Gasteiger partial charge < -0.3 is 15.4 Å². The summed E-state index contributed by atoms with van der Waals surface area (Å²) in [5.74, 6) is 0.629. The van der Waals surface area contributed by atoms with Crippen molar-refractivity contribution in [3.05, 3.63) is 36.2 Å². The predicted octanol–water partition coefficient (Wildman–Crippen LogP) is 2.75. The third-order valence-electron chi connectivity index (χ3n) is 3.51. The zero-order valence-corrected chi connectivity index (χ0v) is 15.8. The van der Waals surface area contributed by atoms with E-state index in [2.05, 4.69) is 20.7 Å². The third kappa shape index (κ3) is 4.28. The number of amides is 1. The van der Waals surface area contributed by atoms with E-state index in [4.69, 9.17) is 4.74 Å². The first-order valence-corrected chi connectivity index (χ1v) is 8.42. The summed E-state index contributed by atoms with van der Waals surface area (Å²) in [4.78, 5) is 17.0. The molecule has 1 unspecified atom stereocenters. The molecule has 0 aliphatic rings. The number of nitrogens with one attached hydrogen (secondary N) is 2. The Kier molecular flexibility index (Phi) is 6.35. The summed E-state index contributed by atoms with van der Waals surface area (Å²) >= 11 is 1.42. The summed E-state index contributed by atoms with van der Waals surface area (Å²) in [6, 6.07) is 5.22. The summed E-state index contributed by atoms with van der Waals surface area (Å²) in [6.07, 6.45) is 3.49. The first-order valence-electron chi connectivity index (χ1n) is 7.60. The number of carbonyl (C=O) groups is 1. The highest BCUT2D eigenvalue weighted by Gasteiger charge is 2.21. The average Bonchev–Trinajstić information content (AvgIpc) is 3.14. The van der Waals surface area contributed by atoms with Crippen molar-refractivity contribution in [3.8, 4) is 5.75 Å². The molecule has 134 valence electrons. The lowest BCUT2D eigenvalue weighted by molar-refractivity contribution is -0.118. The SMILES string of the molecule is CCOc1ccc2nc(NC(=O)C(NC)c3cnn(C)c3)sc2c1.Cl. The molecule has 0 aliphatic carbocycles. The maximum absolute atomic E-state index is 12.5. The summed E-state index contributed by atoms with van der Waals surface area (Å²) < 4.78 is 8.13. The molecule has 25 heavy (non-hydrogen) atoms. The third-order valence-corrected chi connectivity index (χ3v) is 4.44. The van der Waals surface area contributed by atoms with Crippen LogP contribution in [0.1, 0.15) is 18.5 Å². The number of likely N-dealkylation sites (N-methyl/N-ethyl adjacent to an activating group) is 1. The van der Waals surface area contributed by atoms with Crippen molar-refractivity contribution in [2.75, 3.05) is 19.0 Å². The van der Waals surface area contributed by atoms with Crippen molar-refractivity contribution in [2.45, 2.75) is 13.0 Å². The van der Waals surface area contributed by atoms with Crippen molar-refractivity contribution in [3.63, 3.8) is 0 Å². The van der Waals surface area contributed by atoms with Gasteiger partial charge in [0.1, 0.15) is 11.8 Å². The predicted molar refractivity (Wildman–Crippen MR) is 102 cm³/mol. The van der Waals surface area contributed by atoms with E-state index in [0.29, 0.717) is 11.7 Å². The highest BCUT2D eigenvalue weighted by atomic mass is 35.5. The molecule has 0 radical (unpaired) electrons. The minimum atomic E-state index is -0.482. The fraction of sp³-hybridized carbons (Fsp3) is 0.312. The fourth-order valence-corrected chi connectivity index (χ4v) is 3.33. The van der Waals surface area contributed by atoms with Crippen LogP contribution in [-0.4, -0.2) is 34.3 Å². The van der Waals surface area contributed by atoms with Crippen LogP contribution in [-0.2, 0) is 11.8 Å². The van der Waals surface area contributed by atoms with Gasteiger partial charge in [-0.2, -0.15) is 5.10 Å². The van der Waals surface area contributed by atoms with E-state index >= 15 is 0 Å². The molecule has 9 heteroatoms. The van der Waals surface area contributed by atoms with Crippen LogP contribution < -0.4 is 15.4 Å². The van der Waals surface area contributed by atoms with E-state index < -0.39 is 6.04 Å². The van der Waals surface area contributed by atoms with Crippen LogP contribution in [0, 0.1) is 0 Å². The molecule has 2 heterocycles. The van der Waals surface area contributed by atoms with Crippen LogP contribution in [0.15, 0.2) is 30.6 Å². The number of hydrogen-bond acceptors (Lipinski definition) is 6. The largest absolute Gasteiger partial charge is 0.494 e. The minimum absolute atomic E-state index is 0. The van der Waals surface area contributed by atoms with Gasteiger partial charge in [0.2, 0.25) is 5.91 Å². The Morgan fingerprint density at radius 1 is 1.44 bits per heavy atom. The van der Waals surface area contributed by atoms with Gasteiger partial charge in [-0.25, -0.2) is 4.98 Å². The molecule has 3 aromatic rings. The monoisotopic (exact) mass is 381 g/mol. The van der Waals surface area contributed by atoms with E-state index in [1.165, 1.54) is 11.3 Å². The number of aromatic nitrogens is 3. The van der Waals surface area contributed by atoms with E-state index in [1.54, 1.807) is 17.9 Å². The van der Waals surface area contributed by atoms with Crippen LogP contribution in [0.25, 0.3) is 10.2 Å². The standard InChI is InChI=1S/C16H19N5O2S.ClH/c1-4-23-11-5-6-12-13(7-11)24-16(19-12)20-15(22)14(17-2)10-8-18-21(3)9-10;/h5-9,14,17H,4H2,1-3H3,(H,19,20,22);1H. The molecule has 0 saturated carbocycles. The number of halogens is 1. The number of nitrogens with zero attached hydrogens (tertiary/aromatic N) is 3. The maximum atomic E-state index is 12.5. The van der Waals surface area contributed by atoms with Crippen molar-refractivity contribution in [1.29, 1.82) is 0 Å². The van der Waals surface area contributed by atoms with Gasteiger partial charge in [0.15, 0.2) is 5.13 Å². The maximum Gasteiger partial charge on any atom is 0.247 e. The summed E-state index contributed by atoms with van der Waals surface area (Å²) in [5.41, 5.74) is 1.64. The molecule has 1 amide bonds. The van der Waals surface area contributed by atoms with Crippen molar-refractivity contribution in [1.82, 2.24) is 20.1 Å². The summed E-state index contributed by atoms with van der Waals surface area (Å²) in [6.45, 7) is 2.56. The van der Waals surface area contributed by atoms with Crippen LogP contribution in [0.5, 0.6) is 5.75 Å². The first kappa shape index (κ1) is 19.2. The van der Waals surface area contributed by atoms with E-state index in [9.17, 15) is 4.79 Å². The summed E-state index contributed by atoms with van der Waals surface area (Å²) in [5, 5.41) is 10.5. The lowest BCUT2D eigenvalue weighted by Gasteiger charge is -2.12. The van der Waals surface area contributed by atoms with Crippen molar-refractivity contribution >= 4 is 45.0 Å².